The Kier molecular flexibility index (Phi) is 7.40. The van der Waals surface area contributed by atoms with Crippen LogP contribution in [0.3, 0.4) is 0 Å². The number of hydrogen-bond acceptors (Lipinski definition) is 5. The molecule has 1 saturated heterocycles. The molecule has 5 rings (SSSR count). The molecule has 194 valence electrons. The van der Waals surface area contributed by atoms with Gasteiger partial charge in [0.05, 0.1) is 0 Å². The monoisotopic (exact) mass is 503 g/mol. The Morgan fingerprint density at radius 3 is 2.62 bits per heavy atom. The van der Waals surface area contributed by atoms with Gasteiger partial charge in [0, 0.05) is 36.2 Å². The Balaban J connectivity index is 1.57. The van der Waals surface area contributed by atoms with Crippen molar-refractivity contribution in [2.45, 2.75) is 82.3 Å². The minimum atomic E-state index is -1.04. The summed E-state index contributed by atoms with van der Waals surface area (Å²) < 4.78 is 15.3. The summed E-state index contributed by atoms with van der Waals surface area (Å²) in [7, 11) is 0. The second kappa shape index (κ2) is 10.9. The van der Waals surface area contributed by atoms with Crippen LogP contribution in [0.25, 0.3) is 0 Å². The van der Waals surface area contributed by atoms with E-state index in [2.05, 4.69) is 16.5 Å². The highest BCUT2D eigenvalue weighted by Crippen LogP contribution is 2.42. The van der Waals surface area contributed by atoms with E-state index in [1.807, 2.05) is 6.92 Å². The van der Waals surface area contributed by atoms with Gasteiger partial charge in [-0.2, -0.15) is 5.26 Å². The summed E-state index contributed by atoms with van der Waals surface area (Å²) in [6.45, 7) is 2.47. The number of likely N-dealkylation sites (tertiary alicyclic amines) is 1. The van der Waals surface area contributed by atoms with Crippen LogP contribution in [0, 0.1) is 23.2 Å². The number of benzene rings is 1. The van der Waals surface area contributed by atoms with Crippen molar-refractivity contribution >= 4 is 17.5 Å². The van der Waals surface area contributed by atoms with Gasteiger partial charge in [0.15, 0.2) is 6.19 Å². The molecule has 2 saturated carbocycles. The maximum atomic E-state index is 15.3. The van der Waals surface area contributed by atoms with Gasteiger partial charge in [-0.05, 0) is 67.7 Å². The molecule has 8 heteroatoms. The molecule has 2 aromatic rings. The summed E-state index contributed by atoms with van der Waals surface area (Å²) in [5, 5.41) is 12.9. The second-order valence-electron chi connectivity index (χ2n) is 10.8. The molecule has 3 atom stereocenters. The fourth-order valence-corrected chi connectivity index (χ4v) is 5.83. The van der Waals surface area contributed by atoms with Crippen LogP contribution in [0.15, 0.2) is 42.7 Å². The number of nitriles is 1. The molecule has 37 heavy (non-hydrogen) atoms. The topological polar surface area (TPSA) is 89.3 Å². The summed E-state index contributed by atoms with van der Waals surface area (Å²) in [6.07, 6.45) is 12.8. The van der Waals surface area contributed by atoms with Crippen LogP contribution in [0.1, 0.15) is 81.4 Å². The third-order valence-electron chi connectivity index (χ3n) is 7.90. The van der Waals surface area contributed by atoms with Crippen LogP contribution < -0.4 is 10.2 Å². The van der Waals surface area contributed by atoms with E-state index in [1.54, 1.807) is 36.7 Å². The fourth-order valence-electron chi connectivity index (χ4n) is 5.83. The highest BCUT2D eigenvalue weighted by atomic mass is 19.1. The number of aromatic nitrogens is 1. The Morgan fingerprint density at radius 2 is 1.97 bits per heavy atom. The van der Waals surface area contributed by atoms with Crippen molar-refractivity contribution in [3.63, 3.8) is 0 Å². The van der Waals surface area contributed by atoms with E-state index in [0.29, 0.717) is 29.8 Å². The predicted molar refractivity (Wildman–Crippen MR) is 138 cm³/mol. The smallest absolute Gasteiger partial charge is 0.251 e. The molecule has 2 heterocycles. The van der Waals surface area contributed by atoms with Crippen LogP contribution in [0.5, 0.6) is 0 Å². The van der Waals surface area contributed by atoms with Gasteiger partial charge in [0.2, 0.25) is 5.91 Å². The van der Waals surface area contributed by atoms with Crippen molar-refractivity contribution in [2.24, 2.45) is 5.92 Å². The lowest BCUT2D eigenvalue weighted by atomic mass is 9.94. The molecule has 1 aromatic carbocycles. The molecular formula is C29H34FN5O2. The van der Waals surface area contributed by atoms with E-state index < -0.39 is 12.1 Å². The lowest BCUT2D eigenvalue weighted by Gasteiger charge is -2.35. The van der Waals surface area contributed by atoms with Gasteiger partial charge >= 0.3 is 0 Å². The molecular weight excluding hydrogens is 469 g/mol. The number of amides is 2. The Labute approximate surface area is 217 Å². The average Bonchev–Trinajstić information content (AvgIpc) is 3.68. The fraction of sp³-hybridized carbons (Fsp3) is 0.517. The van der Waals surface area contributed by atoms with Crippen molar-refractivity contribution in [2.75, 3.05) is 11.4 Å². The predicted octanol–water partition coefficient (Wildman–Crippen LogP) is 4.81. The number of hydrogen-bond donors (Lipinski definition) is 1. The number of halogens is 1. The first-order chi connectivity index (χ1) is 18.0. The summed E-state index contributed by atoms with van der Waals surface area (Å²) in [6, 6.07) is 6.63. The van der Waals surface area contributed by atoms with Gasteiger partial charge in [-0.1, -0.05) is 38.3 Å². The second-order valence-corrected chi connectivity index (χ2v) is 10.8. The normalized spacial score (nSPS) is 22.8. The first-order valence-corrected chi connectivity index (χ1v) is 13.5. The van der Waals surface area contributed by atoms with Crippen molar-refractivity contribution in [3.8, 4) is 6.19 Å². The van der Waals surface area contributed by atoms with Gasteiger partial charge in [-0.3, -0.25) is 24.4 Å². The van der Waals surface area contributed by atoms with Gasteiger partial charge in [0.1, 0.15) is 17.9 Å². The average molecular weight is 504 g/mol. The molecule has 1 aromatic heterocycles. The number of carbonyl (C=O) groups is 2. The summed E-state index contributed by atoms with van der Waals surface area (Å²) in [4.78, 5) is 35.3. The van der Waals surface area contributed by atoms with E-state index in [-0.39, 0.29) is 35.5 Å². The largest absolute Gasteiger partial charge is 0.351 e. The van der Waals surface area contributed by atoms with Crippen LogP contribution in [-0.2, 0) is 9.59 Å². The minimum Gasteiger partial charge on any atom is -0.351 e. The quantitative estimate of drug-likeness (QED) is 0.548. The van der Waals surface area contributed by atoms with Gasteiger partial charge in [-0.25, -0.2) is 4.39 Å². The van der Waals surface area contributed by atoms with Crippen molar-refractivity contribution in [1.29, 1.82) is 5.26 Å². The summed E-state index contributed by atoms with van der Waals surface area (Å²) in [5.74, 6) is -0.692. The van der Waals surface area contributed by atoms with E-state index in [4.69, 9.17) is 0 Å². The molecule has 0 radical (unpaired) electrons. The number of nitrogens with one attached hydrogen (secondary N) is 1. The van der Waals surface area contributed by atoms with Crippen molar-refractivity contribution < 1.29 is 14.0 Å². The van der Waals surface area contributed by atoms with Gasteiger partial charge < -0.3 is 5.32 Å². The first kappa shape index (κ1) is 25.2. The maximum absolute atomic E-state index is 15.3. The number of nitrogens with zero attached hydrogens (tertiary/aromatic N) is 4. The first-order valence-electron chi connectivity index (χ1n) is 13.5. The number of pyridine rings is 1. The molecule has 2 aliphatic carbocycles. The molecule has 1 aliphatic heterocycles. The van der Waals surface area contributed by atoms with Gasteiger partial charge in [-0.15, -0.1) is 0 Å². The Hall–Kier alpha value is -3.47. The lowest BCUT2D eigenvalue weighted by Crippen LogP contribution is -2.51. The van der Waals surface area contributed by atoms with Gasteiger partial charge in [0.25, 0.3) is 5.91 Å². The number of carbonyl (C=O) groups excluding carboxylic acids is 2. The highest BCUT2D eigenvalue weighted by molar-refractivity contribution is 6.04. The Bertz CT molecular complexity index is 1170. The molecule has 7 nitrogen and oxygen atoms in total. The molecule has 1 N–H and O–H groups in total. The molecule has 3 aliphatic rings. The zero-order valence-corrected chi connectivity index (χ0v) is 21.3. The molecule has 0 spiro atoms. The van der Waals surface area contributed by atoms with Crippen LogP contribution >= 0.6 is 0 Å². The van der Waals surface area contributed by atoms with Crippen LogP contribution in [0.2, 0.25) is 0 Å². The lowest BCUT2D eigenvalue weighted by molar-refractivity contribution is -0.128. The van der Waals surface area contributed by atoms with E-state index in [9.17, 15) is 14.9 Å². The van der Waals surface area contributed by atoms with Crippen LogP contribution in [-0.4, -0.2) is 40.3 Å². The molecule has 0 unspecified atom stereocenters. The number of anilines is 1. The van der Waals surface area contributed by atoms with Crippen molar-refractivity contribution in [1.82, 2.24) is 15.2 Å². The highest BCUT2D eigenvalue weighted by Gasteiger charge is 2.42. The maximum Gasteiger partial charge on any atom is 0.251 e. The third-order valence-corrected chi connectivity index (χ3v) is 7.90. The van der Waals surface area contributed by atoms with E-state index in [0.717, 1.165) is 44.9 Å². The standard InChI is InChI=1S/C29H34FN5O2/c1-19-14-26(34(17-19)18-31)29(37)35(23-11-12-24(20-9-10-20)25(30)15-23)27(21-6-5-13-32-16-21)28(36)33-22-7-3-2-4-8-22/h5-6,11-13,15-16,19-20,22,26-27H,2-4,7-10,14,17H2,1H3,(H,33,36)/t19-,26-,27-/m1/s1. The third kappa shape index (κ3) is 5.46. The Morgan fingerprint density at radius 1 is 1.19 bits per heavy atom. The molecule has 2 amide bonds. The summed E-state index contributed by atoms with van der Waals surface area (Å²) >= 11 is 0. The molecule has 0 bridgehead atoms. The number of rotatable bonds is 7. The zero-order valence-electron chi connectivity index (χ0n) is 21.3. The molecule has 3 fully saturated rings. The zero-order chi connectivity index (χ0) is 25.9. The van der Waals surface area contributed by atoms with Crippen molar-refractivity contribution in [3.05, 3.63) is 59.7 Å². The SMILES string of the molecule is C[C@@H]1C[C@H](C(=O)N(c2ccc(C3CC3)c(F)c2)[C@@H](C(=O)NC2CCCCC2)c2cccnc2)N(C#N)C1. The summed E-state index contributed by atoms with van der Waals surface area (Å²) in [5.41, 5.74) is 1.51. The van der Waals surface area contributed by atoms with E-state index in [1.165, 1.54) is 15.9 Å². The van der Waals surface area contributed by atoms with Crippen LogP contribution in [0.4, 0.5) is 10.1 Å². The van der Waals surface area contributed by atoms with E-state index >= 15 is 4.39 Å². The minimum absolute atomic E-state index is 0.0356.